The molecule has 26 heteroatoms. The number of aromatic nitrogens is 4. The summed E-state index contributed by atoms with van der Waals surface area (Å²) in [6.07, 6.45) is -14.0. The van der Waals surface area contributed by atoms with Gasteiger partial charge in [-0.05, 0) is 113 Å². The first-order chi connectivity index (χ1) is 33.5. The summed E-state index contributed by atoms with van der Waals surface area (Å²) < 4.78 is 125. The van der Waals surface area contributed by atoms with E-state index >= 15 is 0 Å². The Morgan fingerprint density at radius 3 is 1.69 bits per heavy atom. The van der Waals surface area contributed by atoms with Crippen LogP contribution in [0.1, 0.15) is 33.4 Å². The molecule has 2 aromatic heterocycles. The molecule has 0 radical (unpaired) electrons. The molecular formula is C46H40BrCl2F9N8O6. The number of urea groups is 1. The molecule has 1 saturated heterocycles. The maximum absolute atomic E-state index is 13.3. The van der Waals surface area contributed by atoms with Crippen LogP contribution in [-0.4, -0.2) is 88.0 Å². The quantitative estimate of drug-likeness (QED) is 0.117. The fraction of sp³-hybridized carbons (Fsp3) is 0.304. The summed E-state index contributed by atoms with van der Waals surface area (Å²) in [5, 5.41) is 10.0. The van der Waals surface area contributed by atoms with Crippen molar-refractivity contribution >= 4 is 67.0 Å². The summed E-state index contributed by atoms with van der Waals surface area (Å²) >= 11 is 15.2. The minimum Gasteiger partial charge on any atom is -0.508 e. The lowest BCUT2D eigenvalue weighted by Crippen LogP contribution is -2.63. The molecule has 8 rings (SSSR count). The van der Waals surface area contributed by atoms with Gasteiger partial charge >= 0.3 is 36.3 Å². The van der Waals surface area contributed by atoms with Gasteiger partial charge in [-0.1, -0.05) is 47.5 Å². The fourth-order valence-electron chi connectivity index (χ4n) is 7.48. The highest BCUT2D eigenvalue weighted by atomic mass is 79.9. The van der Waals surface area contributed by atoms with Gasteiger partial charge in [0.25, 0.3) is 11.5 Å². The minimum absolute atomic E-state index is 0.00794. The Balaban J connectivity index is 0.000000204. The van der Waals surface area contributed by atoms with Crippen LogP contribution < -0.4 is 16.0 Å². The zero-order valence-electron chi connectivity index (χ0n) is 38.2. The molecule has 2 atom stereocenters. The van der Waals surface area contributed by atoms with E-state index in [-0.39, 0.29) is 47.9 Å². The van der Waals surface area contributed by atoms with Crippen LogP contribution in [0.25, 0.3) is 11.2 Å². The number of carbonyl (C=O) groups excluding carboxylic acids is 2. The highest BCUT2D eigenvalue weighted by Crippen LogP contribution is 2.40. The van der Waals surface area contributed by atoms with E-state index in [9.17, 15) is 58.7 Å². The molecule has 6 aromatic rings. The second kappa shape index (κ2) is 21.3. The number of phenolic OH excluding ortho intramolecular Hbond substituents is 1. The predicted octanol–water partition coefficient (Wildman–Crippen LogP) is 10.0. The molecule has 0 saturated carbocycles. The van der Waals surface area contributed by atoms with E-state index in [1.54, 1.807) is 31.3 Å². The number of likely N-dealkylation sites (N-methyl/N-ethyl adjacent to an activating group) is 2. The zero-order valence-corrected chi connectivity index (χ0v) is 41.3. The monoisotopic (exact) mass is 1120 g/mol. The third kappa shape index (κ3) is 12.4. The van der Waals surface area contributed by atoms with Gasteiger partial charge in [-0.15, -0.1) is 0 Å². The van der Waals surface area contributed by atoms with Gasteiger partial charge in [-0.25, -0.2) is 14.6 Å². The van der Waals surface area contributed by atoms with Crippen molar-refractivity contribution < 1.29 is 58.9 Å². The number of rotatable bonds is 8. The lowest BCUT2D eigenvalue weighted by Gasteiger charge is -2.39. The van der Waals surface area contributed by atoms with Crippen molar-refractivity contribution in [2.45, 2.75) is 57.0 Å². The van der Waals surface area contributed by atoms with Crippen LogP contribution in [0, 0.1) is 6.92 Å². The van der Waals surface area contributed by atoms with Crippen LogP contribution in [0.4, 0.5) is 44.3 Å². The number of hydrogen-bond donors (Lipinski definition) is 1. The maximum Gasteiger partial charge on any atom is 0.416 e. The lowest BCUT2D eigenvalue weighted by atomic mass is 10.1. The van der Waals surface area contributed by atoms with Crippen molar-refractivity contribution in [2.24, 2.45) is 19.1 Å². The predicted molar refractivity (Wildman–Crippen MR) is 251 cm³/mol. The summed E-state index contributed by atoms with van der Waals surface area (Å²) in [7, 11) is 5.70. The molecule has 14 nitrogen and oxygen atoms in total. The molecule has 0 spiro atoms. The number of alkyl halides is 9. The van der Waals surface area contributed by atoms with Crippen LogP contribution in [0.2, 0.25) is 10.0 Å². The molecule has 4 heterocycles. The molecular weight excluding hydrogens is 1080 g/mol. The third-order valence-corrected chi connectivity index (χ3v) is 12.4. The number of imide groups is 1. The average Bonchev–Trinajstić information content (AvgIpc) is 3.84. The number of carbonyl (C=O) groups is 2. The normalized spacial score (nSPS) is 16.0. The van der Waals surface area contributed by atoms with Gasteiger partial charge in [-0.3, -0.25) is 28.2 Å². The number of imidazole rings is 1. The van der Waals surface area contributed by atoms with Crippen LogP contribution in [0.3, 0.4) is 0 Å². The van der Waals surface area contributed by atoms with Gasteiger partial charge in [0, 0.05) is 51.3 Å². The fourth-order valence-corrected chi connectivity index (χ4v) is 8.34. The van der Waals surface area contributed by atoms with Crippen molar-refractivity contribution in [1.29, 1.82) is 0 Å². The summed E-state index contributed by atoms with van der Waals surface area (Å²) in [5.74, 6) is -1.39. The third-order valence-electron chi connectivity index (χ3n) is 11.2. The molecule has 0 aliphatic carbocycles. The standard InChI is InChI=1S/C23H17ClF6N4O3.C15H16BrClN4O2.C8H7F3O/c1-32-18-17(19(35)33(2)21(32)36)34(8-7-12-3-5-15(24)6-4-12)20(31-18)37-16-10-13(22(25,26)27)9-14(11-16)23(28,29)30;1-19-12-11(13(22)20(2)15(19)23)21(14(16)18-12)8-7-9-3-5-10(17)6-4-9;1-5-2-6(8(9,10)11)4-7(12)3-5/h3-6,9-11H,7-8H2,1-2H3;3-6,11-12H,7-8H2,1-2H3;2-4,12H,1H3. The summed E-state index contributed by atoms with van der Waals surface area (Å²) in [6, 6.07) is 16.7. The van der Waals surface area contributed by atoms with Crippen molar-refractivity contribution in [3.8, 4) is 17.5 Å². The number of fused-ring (bicyclic) bond motifs is 2. The van der Waals surface area contributed by atoms with Crippen molar-refractivity contribution in [3.63, 3.8) is 0 Å². The second-order valence-electron chi connectivity index (χ2n) is 16.3. The van der Waals surface area contributed by atoms with E-state index in [0.717, 1.165) is 37.6 Å². The van der Waals surface area contributed by atoms with E-state index in [1.807, 2.05) is 29.2 Å². The highest BCUT2D eigenvalue weighted by Gasteiger charge is 2.50. The van der Waals surface area contributed by atoms with Gasteiger partial charge in [0.15, 0.2) is 28.1 Å². The number of phenols is 1. The van der Waals surface area contributed by atoms with Gasteiger partial charge in [0.05, 0.1) is 16.7 Å². The Kier molecular flexibility index (Phi) is 16.2. The number of amides is 3. The van der Waals surface area contributed by atoms with Crippen LogP contribution in [-0.2, 0) is 56.8 Å². The van der Waals surface area contributed by atoms with Gasteiger partial charge in [0.2, 0.25) is 0 Å². The Labute approximate surface area is 421 Å². The molecule has 1 N–H and O–H groups in total. The lowest BCUT2D eigenvalue weighted by molar-refractivity contribution is -0.143. The van der Waals surface area contributed by atoms with Crippen LogP contribution >= 0.6 is 39.1 Å². The van der Waals surface area contributed by atoms with E-state index in [2.05, 4.69) is 25.9 Å². The van der Waals surface area contributed by atoms with Crippen molar-refractivity contribution in [1.82, 2.24) is 33.4 Å². The first-order valence-electron chi connectivity index (χ1n) is 21.0. The van der Waals surface area contributed by atoms with Gasteiger partial charge < -0.3 is 19.6 Å². The molecule has 1 fully saturated rings. The average molecular weight is 1120 g/mol. The Morgan fingerprint density at radius 1 is 0.694 bits per heavy atom. The highest BCUT2D eigenvalue weighted by molar-refractivity contribution is 9.18. The van der Waals surface area contributed by atoms with E-state index in [4.69, 9.17) is 33.0 Å². The smallest absolute Gasteiger partial charge is 0.416 e. The number of aromatic hydroxyl groups is 1. The van der Waals surface area contributed by atoms with Crippen molar-refractivity contribution in [3.05, 3.63) is 149 Å². The summed E-state index contributed by atoms with van der Waals surface area (Å²) in [6.45, 7) is 2.11. The van der Waals surface area contributed by atoms with E-state index in [1.165, 1.54) is 43.6 Å². The first-order valence-corrected chi connectivity index (χ1v) is 22.6. The molecule has 3 amide bonds. The summed E-state index contributed by atoms with van der Waals surface area (Å²) in [5.41, 5.74) is -3.46. The largest absolute Gasteiger partial charge is 0.508 e. The topological polar surface area (TPSA) is 148 Å². The van der Waals surface area contributed by atoms with Gasteiger partial charge in [0.1, 0.15) is 11.5 Å². The van der Waals surface area contributed by atoms with E-state index < -0.39 is 70.4 Å². The van der Waals surface area contributed by atoms with E-state index in [0.29, 0.717) is 45.1 Å². The second-order valence-corrected chi connectivity index (χ2v) is 17.9. The van der Waals surface area contributed by atoms with Crippen LogP contribution in [0.5, 0.6) is 17.5 Å². The maximum atomic E-state index is 13.3. The molecule has 4 aromatic carbocycles. The molecule has 2 unspecified atom stereocenters. The van der Waals surface area contributed by atoms with Crippen LogP contribution in [0.15, 0.2) is 99.5 Å². The number of nitrogens with zero attached hydrogens (tertiary/aromatic N) is 8. The van der Waals surface area contributed by atoms with Crippen molar-refractivity contribution in [2.75, 3.05) is 20.6 Å². The Morgan fingerprint density at radius 2 is 1.19 bits per heavy atom. The molecule has 72 heavy (non-hydrogen) atoms. The first kappa shape index (κ1) is 54.8. The number of aliphatic imine (C=N–C) groups is 1. The minimum atomic E-state index is -5.09. The molecule has 2 aliphatic rings. The number of amidine groups is 1. The number of ether oxygens (including phenoxy) is 1. The molecule has 384 valence electrons. The number of hydrogen-bond acceptors (Lipinski definition) is 9. The number of halogens is 12. The Hall–Kier alpha value is -6.53. The molecule has 0 bridgehead atoms. The SMILES string of the molecule is CN1C(=O)C2C(N=C(Br)N2CCc2ccc(Cl)cc2)N(C)C1=O.Cc1cc(O)cc(C(F)(F)F)c1.Cn1c(=O)c2c(nc(Oc3cc(C(F)(F)F)cc(C(F)(F)F)c3)n2CCc2ccc(Cl)cc2)n(C)c1=O. The number of benzene rings is 4. The number of aryl methyl sites for hydroxylation is 4. The zero-order chi connectivity index (χ0) is 53.4. The van der Waals surface area contributed by atoms with Gasteiger partial charge in [-0.2, -0.15) is 44.5 Å². The summed E-state index contributed by atoms with van der Waals surface area (Å²) in [4.78, 5) is 62.9. The molecule has 2 aliphatic heterocycles. The Bertz CT molecular complexity index is 3110.